The summed E-state index contributed by atoms with van der Waals surface area (Å²) in [5.74, 6) is 0.170. The first kappa shape index (κ1) is 27.2. The normalized spacial score (nSPS) is 10.9. The van der Waals surface area contributed by atoms with Gasteiger partial charge >= 0.3 is 0 Å². The van der Waals surface area contributed by atoms with Crippen molar-refractivity contribution in [2.45, 2.75) is 13.5 Å². The highest BCUT2D eigenvalue weighted by atomic mass is 32.1. The van der Waals surface area contributed by atoms with Crippen molar-refractivity contribution in [3.8, 4) is 17.0 Å². The van der Waals surface area contributed by atoms with E-state index in [-0.39, 0.29) is 18.2 Å². The summed E-state index contributed by atoms with van der Waals surface area (Å²) in [5, 5.41) is 21.2. The lowest BCUT2D eigenvalue weighted by atomic mass is 10.1. The van der Waals surface area contributed by atoms with Crippen LogP contribution in [0.1, 0.15) is 27.0 Å². The molecule has 1 aromatic heterocycles. The van der Waals surface area contributed by atoms with E-state index in [1.807, 2.05) is 60.8 Å². The number of nitro benzene ring substituents is 1. The number of nitrogens with zero attached hydrogens (tertiary/aromatic N) is 3. The minimum absolute atomic E-state index is 0.00292. The van der Waals surface area contributed by atoms with Crippen LogP contribution in [0.5, 0.6) is 5.75 Å². The first-order valence-corrected chi connectivity index (χ1v) is 13.5. The highest BCUT2D eigenvalue weighted by Crippen LogP contribution is 2.27. The molecule has 2 N–H and O–H groups in total. The predicted octanol–water partition coefficient (Wildman–Crippen LogP) is 7.11. The topological polar surface area (TPSA) is 119 Å². The number of aromatic nitrogens is 1. The van der Waals surface area contributed by atoms with Crippen molar-refractivity contribution in [1.82, 2.24) is 10.4 Å². The average molecular weight is 564 g/mol. The minimum Gasteiger partial charge on any atom is -0.488 e. The van der Waals surface area contributed by atoms with Gasteiger partial charge in [-0.15, -0.1) is 11.3 Å². The van der Waals surface area contributed by atoms with Gasteiger partial charge in [0.15, 0.2) is 5.13 Å². The molecule has 41 heavy (non-hydrogen) atoms. The quantitative estimate of drug-likeness (QED) is 0.106. The fourth-order valence-electron chi connectivity index (χ4n) is 3.88. The number of hydrazone groups is 1. The van der Waals surface area contributed by atoms with Gasteiger partial charge in [0.25, 0.3) is 11.6 Å². The smallest absolute Gasteiger partial charge is 0.271 e. The molecule has 0 aliphatic heterocycles. The van der Waals surface area contributed by atoms with Crippen LogP contribution in [-0.4, -0.2) is 22.0 Å². The van der Waals surface area contributed by atoms with Crippen molar-refractivity contribution < 1.29 is 14.5 Å². The number of anilines is 2. The number of thiazole rings is 1. The van der Waals surface area contributed by atoms with E-state index in [9.17, 15) is 14.9 Å². The maximum absolute atomic E-state index is 12.7. The Morgan fingerprint density at radius 2 is 1.80 bits per heavy atom. The second-order valence-electron chi connectivity index (χ2n) is 9.06. The van der Waals surface area contributed by atoms with Crippen molar-refractivity contribution in [2.24, 2.45) is 5.10 Å². The number of nitrogens with one attached hydrogen (secondary N) is 2. The molecule has 0 bridgehead atoms. The minimum atomic E-state index is -0.444. The lowest BCUT2D eigenvalue weighted by Crippen LogP contribution is -2.17. The summed E-state index contributed by atoms with van der Waals surface area (Å²) >= 11 is 1.51. The number of aryl methyl sites for hydroxylation is 1. The summed E-state index contributed by atoms with van der Waals surface area (Å²) in [7, 11) is 0. The molecule has 0 spiro atoms. The molecular formula is C31H25N5O4S. The number of rotatable bonds is 10. The fraction of sp³-hybridized carbons (Fsp3) is 0.0645. The average Bonchev–Trinajstić information content (AvgIpc) is 3.46. The second-order valence-corrected chi connectivity index (χ2v) is 9.92. The third-order valence-corrected chi connectivity index (χ3v) is 6.81. The highest BCUT2D eigenvalue weighted by Gasteiger charge is 2.10. The van der Waals surface area contributed by atoms with Crippen LogP contribution in [0.4, 0.5) is 16.5 Å². The van der Waals surface area contributed by atoms with Crippen LogP contribution >= 0.6 is 11.3 Å². The number of para-hydroxylation sites is 1. The number of carbonyl (C=O) groups is 1. The number of amides is 1. The molecule has 0 aliphatic carbocycles. The number of hydrogen-bond donors (Lipinski definition) is 2. The van der Waals surface area contributed by atoms with E-state index in [1.165, 1.54) is 35.2 Å². The van der Waals surface area contributed by atoms with E-state index in [1.54, 1.807) is 36.4 Å². The van der Waals surface area contributed by atoms with Gasteiger partial charge in [0, 0.05) is 39.9 Å². The molecule has 1 heterocycles. The molecule has 0 aliphatic rings. The Bertz CT molecular complexity index is 1700. The Kier molecular flexibility index (Phi) is 8.41. The lowest BCUT2D eigenvalue weighted by Gasteiger charge is -2.09. The summed E-state index contributed by atoms with van der Waals surface area (Å²) in [4.78, 5) is 27.9. The molecule has 5 rings (SSSR count). The Hall–Kier alpha value is -5.35. The zero-order valence-corrected chi connectivity index (χ0v) is 22.8. The van der Waals surface area contributed by atoms with Crippen molar-refractivity contribution in [3.63, 3.8) is 0 Å². The summed E-state index contributed by atoms with van der Waals surface area (Å²) in [6.07, 6.45) is 1.49. The largest absolute Gasteiger partial charge is 0.488 e. The van der Waals surface area contributed by atoms with E-state index in [4.69, 9.17) is 4.74 Å². The van der Waals surface area contributed by atoms with E-state index in [2.05, 4.69) is 20.8 Å². The van der Waals surface area contributed by atoms with Gasteiger partial charge < -0.3 is 10.1 Å². The fourth-order valence-corrected chi connectivity index (χ4v) is 4.62. The second kappa shape index (κ2) is 12.7. The first-order valence-electron chi connectivity index (χ1n) is 12.6. The number of non-ortho nitro benzene ring substituents is 1. The van der Waals surface area contributed by atoms with Gasteiger partial charge in [-0.2, -0.15) is 5.10 Å². The van der Waals surface area contributed by atoms with Gasteiger partial charge in [-0.3, -0.25) is 14.9 Å². The molecule has 204 valence electrons. The first-order chi connectivity index (χ1) is 19.9. The molecule has 0 fully saturated rings. The summed E-state index contributed by atoms with van der Waals surface area (Å²) in [6.45, 7) is 2.19. The van der Waals surface area contributed by atoms with E-state index in [0.29, 0.717) is 22.4 Å². The maximum Gasteiger partial charge on any atom is 0.271 e. The molecular weight excluding hydrogens is 538 g/mol. The Morgan fingerprint density at radius 3 is 2.59 bits per heavy atom. The van der Waals surface area contributed by atoms with Crippen LogP contribution in [0.2, 0.25) is 0 Å². The zero-order chi connectivity index (χ0) is 28.6. The van der Waals surface area contributed by atoms with Gasteiger partial charge in [-0.05, 0) is 48.9 Å². The summed E-state index contributed by atoms with van der Waals surface area (Å²) < 4.78 is 5.86. The van der Waals surface area contributed by atoms with Gasteiger partial charge in [-0.1, -0.05) is 54.1 Å². The van der Waals surface area contributed by atoms with Crippen molar-refractivity contribution in [2.75, 3.05) is 5.32 Å². The van der Waals surface area contributed by atoms with Crippen LogP contribution in [-0.2, 0) is 6.61 Å². The standard InChI is InChI=1S/C31H25N5O4S/c1-21-9-15-26(16-10-21)33-31-34-28(20-41-31)23-11-13-24(14-12-23)30(37)35-32-18-25-6-2-3-8-29(25)40-19-22-5-4-7-27(17-22)36(38)39/h2-18,20H,19H2,1H3,(H,33,34)(H,35,37)/b32-18-. The zero-order valence-electron chi connectivity index (χ0n) is 22.0. The molecule has 0 radical (unpaired) electrons. The number of hydrogen-bond acceptors (Lipinski definition) is 8. The lowest BCUT2D eigenvalue weighted by molar-refractivity contribution is -0.384. The van der Waals surface area contributed by atoms with Gasteiger partial charge in [0.05, 0.1) is 16.8 Å². The molecule has 0 atom stereocenters. The Morgan fingerprint density at radius 1 is 1.02 bits per heavy atom. The molecule has 0 saturated carbocycles. The SMILES string of the molecule is Cc1ccc(Nc2nc(-c3ccc(C(=O)N/N=C\c4ccccc4OCc4cccc([N+](=O)[O-])c4)cc3)cs2)cc1. The van der Waals surface area contributed by atoms with Gasteiger partial charge in [0.1, 0.15) is 12.4 Å². The summed E-state index contributed by atoms with van der Waals surface area (Å²) in [5.41, 5.74) is 8.19. The van der Waals surface area contributed by atoms with Crippen LogP contribution in [0.3, 0.4) is 0 Å². The molecule has 1 amide bonds. The van der Waals surface area contributed by atoms with E-state index in [0.717, 1.165) is 22.1 Å². The molecule has 4 aromatic carbocycles. The molecule has 0 saturated heterocycles. The van der Waals surface area contributed by atoms with Gasteiger partial charge in [-0.25, -0.2) is 10.4 Å². The number of ether oxygens (including phenoxy) is 1. The Balaban J connectivity index is 1.17. The van der Waals surface area contributed by atoms with Crippen LogP contribution < -0.4 is 15.5 Å². The summed E-state index contributed by atoms with van der Waals surface area (Å²) in [6, 6.07) is 28.7. The van der Waals surface area contributed by atoms with E-state index < -0.39 is 4.92 Å². The highest BCUT2D eigenvalue weighted by molar-refractivity contribution is 7.14. The number of carbonyl (C=O) groups excluding carboxylic acids is 1. The predicted molar refractivity (Wildman–Crippen MR) is 161 cm³/mol. The van der Waals surface area contributed by atoms with Gasteiger partial charge in [0.2, 0.25) is 0 Å². The van der Waals surface area contributed by atoms with Crippen LogP contribution in [0.15, 0.2) is 108 Å². The molecule has 0 unspecified atom stereocenters. The molecule has 5 aromatic rings. The third-order valence-electron chi connectivity index (χ3n) is 6.05. The number of nitro groups is 1. The van der Waals surface area contributed by atoms with Crippen molar-refractivity contribution in [1.29, 1.82) is 0 Å². The molecule has 9 nitrogen and oxygen atoms in total. The third kappa shape index (κ3) is 7.20. The van der Waals surface area contributed by atoms with E-state index >= 15 is 0 Å². The molecule has 10 heteroatoms. The van der Waals surface area contributed by atoms with Crippen LogP contribution in [0, 0.1) is 17.0 Å². The maximum atomic E-state index is 12.7. The van der Waals surface area contributed by atoms with Crippen molar-refractivity contribution >= 4 is 40.0 Å². The number of benzene rings is 4. The monoisotopic (exact) mass is 563 g/mol. The van der Waals surface area contributed by atoms with Crippen LogP contribution in [0.25, 0.3) is 11.3 Å². The Labute approximate surface area is 240 Å². The van der Waals surface area contributed by atoms with Crippen molar-refractivity contribution in [3.05, 3.63) is 135 Å².